The first-order chi connectivity index (χ1) is 14.3. The van der Waals surface area contributed by atoms with E-state index in [1.807, 2.05) is 6.92 Å². The Bertz CT molecular complexity index is 1230. The maximum absolute atomic E-state index is 13.4. The third-order valence-corrected chi connectivity index (χ3v) is 6.89. The zero-order valence-corrected chi connectivity index (χ0v) is 16.8. The highest BCUT2D eigenvalue weighted by Gasteiger charge is 2.47. The van der Waals surface area contributed by atoms with Gasteiger partial charge in [-0.1, -0.05) is 48.0 Å². The van der Waals surface area contributed by atoms with Crippen LogP contribution in [0.5, 0.6) is 0 Å². The average Bonchev–Trinajstić information content (AvgIpc) is 3.01. The summed E-state index contributed by atoms with van der Waals surface area (Å²) in [5.41, 5.74) is 1.74. The summed E-state index contributed by atoms with van der Waals surface area (Å²) in [6.45, 7) is 1.89. The van der Waals surface area contributed by atoms with Gasteiger partial charge < -0.3 is 5.11 Å². The Morgan fingerprint density at radius 1 is 0.900 bits per heavy atom. The van der Waals surface area contributed by atoms with Crippen molar-refractivity contribution in [1.82, 2.24) is 0 Å². The summed E-state index contributed by atoms with van der Waals surface area (Å²) in [4.78, 5) is 13.7. The van der Waals surface area contributed by atoms with Gasteiger partial charge in [0.1, 0.15) is 16.8 Å². The topological polar surface area (TPSA) is 74.7 Å². The molecule has 7 heteroatoms. The second-order valence-corrected chi connectivity index (χ2v) is 8.91. The summed E-state index contributed by atoms with van der Waals surface area (Å²) in [6.07, 6.45) is 0. The van der Waals surface area contributed by atoms with Crippen molar-refractivity contribution in [3.05, 3.63) is 106 Å². The number of carbonyl (C=O) groups excluding carboxylic acids is 1. The van der Waals surface area contributed by atoms with Gasteiger partial charge in [-0.15, -0.1) is 0 Å². The van der Waals surface area contributed by atoms with Crippen LogP contribution in [0, 0.1) is 12.7 Å². The molecule has 30 heavy (non-hydrogen) atoms. The number of carbonyl (C=O) groups is 1. The van der Waals surface area contributed by atoms with Gasteiger partial charge in [0, 0.05) is 5.69 Å². The molecule has 3 aromatic rings. The number of anilines is 1. The number of benzene rings is 3. The molecule has 0 aromatic heterocycles. The highest BCUT2D eigenvalue weighted by molar-refractivity contribution is 7.95. The lowest BCUT2D eigenvalue weighted by Crippen LogP contribution is -2.31. The molecule has 0 spiro atoms. The summed E-state index contributed by atoms with van der Waals surface area (Å²) < 4.78 is 40.3. The van der Waals surface area contributed by atoms with Crippen LogP contribution >= 0.6 is 0 Å². The van der Waals surface area contributed by atoms with Gasteiger partial charge in [-0.05, 0) is 48.9 Å². The number of nitrogens with zero attached hydrogens (tertiary/aromatic N) is 1. The summed E-state index contributed by atoms with van der Waals surface area (Å²) in [5.74, 6) is -2.19. The molecule has 5 nitrogen and oxygen atoms in total. The molecule has 0 radical (unpaired) electrons. The van der Waals surface area contributed by atoms with Gasteiger partial charge in [0.2, 0.25) is 9.84 Å². The summed E-state index contributed by atoms with van der Waals surface area (Å²) in [5, 5.41) is 10.7. The fraction of sp³-hybridized carbons (Fsp3) is 0.0870. The van der Waals surface area contributed by atoms with Crippen LogP contribution in [0.15, 0.2) is 94.4 Å². The lowest BCUT2D eigenvalue weighted by molar-refractivity contribution is -0.117. The van der Waals surface area contributed by atoms with Crippen molar-refractivity contribution in [3.8, 4) is 0 Å². The van der Waals surface area contributed by atoms with Gasteiger partial charge in [0.25, 0.3) is 5.91 Å². The van der Waals surface area contributed by atoms with E-state index in [1.165, 1.54) is 41.3 Å². The molecule has 1 aliphatic heterocycles. The lowest BCUT2D eigenvalue weighted by Gasteiger charge is -2.27. The van der Waals surface area contributed by atoms with E-state index < -0.39 is 38.3 Å². The van der Waals surface area contributed by atoms with E-state index in [4.69, 9.17) is 0 Å². The monoisotopic (exact) mass is 423 g/mol. The third kappa shape index (κ3) is 3.27. The SMILES string of the molecule is Cc1ccc([C@H]2C(S(=O)(=O)c3ccccc3)=C(O)C(=O)N2c2ccc(F)cc2)cc1. The van der Waals surface area contributed by atoms with Crippen LogP contribution in [0.4, 0.5) is 10.1 Å². The Labute approximate surface area is 173 Å². The first-order valence-electron chi connectivity index (χ1n) is 9.19. The molecule has 0 unspecified atom stereocenters. The molecular formula is C23H18FNO4S. The van der Waals surface area contributed by atoms with E-state index in [1.54, 1.807) is 42.5 Å². The number of amides is 1. The molecule has 1 aliphatic rings. The fourth-order valence-corrected chi connectivity index (χ4v) is 5.15. The van der Waals surface area contributed by atoms with E-state index in [-0.39, 0.29) is 10.6 Å². The largest absolute Gasteiger partial charge is 0.502 e. The Balaban J connectivity index is 1.94. The molecule has 0 saturated carbocycles. The van der Waals surface area contributed by atoms with Gasteiger partial charge in [0.15, 0.2) is 5.76 Å². The normalized spacial score (nSPS) is 16.9. The van der Waals surface area contributed by atoms with Crippen molar-refractivity contribution in [2.75, 3.05) is 4.90 Å². The molecule has 1 amide bonds. The summed E-state index contributed by atoms with van der Waals surface area (Å²) >= 11 is 0. The second-order valence-electron chi connectivity index (χ2n) is 6.99. The Kier molecular flexibility index (Phi) is 4.91. The van der Waals surface area contributed by atoms with E-state index in [2.05, 4.69) is 0 Å². The minimum absolute atomic E-state index is 0.0302. The van der Waals surface area contributed by atoms with E-state index in [0.29, 0.717) is 5.56 Å². The predicted molar refractivity (Wildman–Crippen MR) is 111 cm³/mol. The summed E-state index contributed by atoms with van der Waals surface area (Å²) in [6, 6.07) is 18.7. The van der Waals surface area contributed by atoms with Crippen LogP contribution in [-0.2, 0) is 14.6 Å². The lowest BCUT2D eigenvalue weighted by atomic mass is 10.0. The molecule has 3 aromatic carbocycles. The zero-order valence-electron chi connectivity index (χ0n) is 16.0. The molecule has 0 saturated heterocycles. The number of aliphatic hydroxyl groups is 1. The van der Waals surface area contributed by atoms with Crippen LogP contribution in [0.25, 0.3) is 0 Å². The molecule has 1 atom stereocenters. The molecule has 0 fully saturated rings. The van der Waals surface area contributed by atoms with Crippen molar-refractivity contribution in [2.45, 2.75) is 17.9 Å². The van der Waals surface area contributed by atoms with Gasteiger partial charge in [-0.3, -0.25) is 9.69 Å². The van der Waals surface area contributed by atoms with Crippen LogP contribution in [0.1, 0.15) is 17.2 Å². The number of aryl methyl sites for hydroxylation is 1. The molecule has 4 rings (SSSR count). The van der Waals surface area contributed by atoms with Crippen molar-refractivity contribution >= 4 is 21.4 Å². The number of rotatable bonds is 4. The van der Waals surface area contributed by atoms with E-state index in [0.717, 1.165) is 5.56 Å². The molecule has 0 bridgehead atoms. The minimum atomic E-state index is -4.18. The Hall–Kier alpha value is -3.45. The first-order valence-corrected chi connectivity index (χ1v) is 10.7. The van der Waals surface area contributed by atoms with E-state index in [9.17, 15) is 22.7 Å². The van der Waals surface area contributed by atoms with Crippen LogP contribution in [0.2, 0.25) is 0 Å². The Morgan fingerprint density at radius 2 is 1.50 bits per heavy atom. The number of halogens is 1. The molecule has 0 aliphatic carbocycles. The highest BCUT2D eigenvalue weighted by Crippen LogP contribution is 2.44. The third-order valence-electron chi connectivity index (χ3n) is 5.00. The van der Waals surface area contributed by atoms with Crippen molar-refractivity contribution in [3.63, 3.8) is 0 Å². The zero-order chi connectivity index (χ0) is 21.5. The van der Waals surface area contributed by atoms with Crippen LogP contribution < -0.4 is 4.90 Å². The van der Waals surface area contributed by atoms with Gasteiger partial charge in [-0.2, -0.15) is 0 Å². The standard InChI is InChI=1S/C23H18FNO4S/c1-15-7-9-16(10-8-15)20-22(30(28,29)19-5-3-2-4-6-19)21(26)23(27)25(20)18-13-11-17(24)12-14-18/h2-14,20,26H,1H3/t20-/m0/s1. The van der Waals surface area contributed by atoms with Gasteiger partial charge >= 0.3 is 0 Å². The number of hydrogen-bond donors (Lipinski definition) is 1. The van der Waals surface area contributed by atoms with Gasteiger partial charge in [0.05, 0.1) is 4.90 Å². The number of hydrogen-bond acceptors (Lipinski definition) is 4. The maximum atomic E-state index is 13.4. The molecule has 1 N–H and O–H groups in total. The number of aliphatic hydroxyl groups excluding tert-OH is 1. The predicted octanol–water partition coefficient (Wildman–Crippen LogP) is 4.47. The first kappa shape index (κ1) is 19.8. The van der Waals surface area contributed by atoms with Crippen molar-refractivity contribution < 1.29 is 22.7 Å². The maximum Gasteiger partial charge on any atom is 0.295 e. The minimum Gasteiger partial charge on any atom is -0.502 e. The molecule has 152 valence electrons. The smallest absolute Gasteiger partial charge is 0.295 e. The Morgan fingerprint density at radius 3 is 2.10 bits per heavy atom. The fourth-order valence-electron chi connectivity index (χ4n) is 3.50. The van der Waals surface area contributed by atoms with Gasteiger partial charge in [-0.25, -0.2) is 12.8 Å². The van der Waals surface area contributed by atoms with Crippen molar-refractivity contribution in [1.29, 1.82) is 0 Å². The average molecular weight is 423 g/mol. The highest BCUT2D eigenvalue weighted by atomic mass is 32.2. The van der Waals surface area contributed by atoms with Crippen LogP contribution in [0.3, 0.4) is 0 Å². The van der Waals surface area contributed by atoms with Crippen LogP contribution in [-0.4, -0.2) is 19.4 Å². The van der Waals surface area contributed by atoms with E-state index >= 15 is 0 Å². The molecule has 1 heterocycles. The quantitative estimate of drug-likeness (QED) is 0.672. The second kappa shape index (κ2) is 7.42. The summed E-state index contributed by atoms with van der Waals surface area (Å²) in [7, 11) is -4.18. The number of sulfone groups is 1. The molecular weight excluding hydrogens is 405 g/mol. The van der Waals surface area contributed by atoms with Crippen molar-refractivity contribution in [2.24, 2.45) is 0 Å².